The van der Waals surface area contributed by atoms with E-state index in [0.717, 1.165) is 18.2 Å². The smallest absolute Gasteiger partial charge is 0.100 e. The maximum absolute atomic E-state index is 5.94. The van der Waals surface area contributed by atoms with E-state index >= 15 is 0 Å². The van der Waals surface area contributed by atoms with Crippen molar-refractivity contribution < 1.29 is 0 Å². The Morgan fingerprint density at radius 2 is 2.20 bits per heavy atom. The Bertz CT molecular complexity index is 303. The molecule has 0 radical (unpaired) electrons. The zero-order chi connectivity index (χ0) is 10.7. The zero-order valence-electron chi connectivity index (χ0n) is 9.19. The van der Waals surface area contributed by atoms with E-state index in [1.54, 1.807) is 0 Å². The molecule has 1 heterocycles. The van der Waals surface area contributed by atoms with Gasteiger partial charge in [-0.1, -0.05) is 24.5 Å². The minimum Gasteiger partial charge on any atom is -0.252 e. The van der Waals surface area contributed by atoms with Crippen LogP contribution in [-0.2, 0) is 6.54 Å². The van der Waals surface area contributed by atoms with E-state index in [-0.39, 0.29) is 5.38 Å². The fourth-order valence-corrected chi connectivity index (χ4v) is 2.32. The summed E-state index contributed by atoms with van der Waals surface area (Å²) in [5.74, 6) is 0.791. The summed E-state index contributed by atoms with van der Waals surface area (Å²) in [6.45, 7) is 2.94. The number of hydrogen-bond acceptors (Lipinski definition) is 2. The van der Waals surface area contributed by atoms with Gasteiger partial charge in [-0.2, -0.15) is 0 Å². The van der Waals surface area contributed by atoms with Crippen LogP contribution in [0.4, 0.5) is 0 Å². The lowest BCUT2D eigenvalue weighted by atomic mass is 9.89. The summed E-state index contributed by atoms with van der Waals surface area (Å²) in [5.41, 5.74) is 0.882. The molecule has 0 aliphatic heterocycles. The van der Waals surface area contributed by atoms with Gasteiger partial charge in [-0.05, 0) is 25.7 Å². The molecule has 1 fully saturated rings. The van der Waals surface area contributed by atoms with Crippen molar-refractivity contribution >= 4 is 11.6 Å². The zero-order valence-corrected chi connectivity index (χ0v) is 9.95. The monoisotopic (exact) mass is 227 g/mol. The summed E-state index contributed by atoms with van der Waals surface area (Å²) in [5, 5.41) is 8.14. The molecule has 4 heteroatoms. The van der Waals surface area contributed by atoms with Crippen LogP contribution in [0.5, 0.6) is 0 Å². The molecule has 1 aromatic rings. The number of aromatic nitrogens is 3. The lowest BCUT2D eigenvalue weighted by Crippen LogP contribution is -2.14. The van der Waals surface area contributed by atoms with E-state index in [4.69, 9.17) is 11.6 Å². The fourth-order valence-electron chi connectivity index (χ4n) is 2.22. The van der Waals surface area contributed by atoms with Gasteiger partial charge in [0.1, 0.15) is 5.69 Å². The topological polar surface area (TPSA) is 30.7 Å². The molecule has 1 aromatic heterocycles. The number of nitrogens with zero attached hydrogens (tertiary/aromatic N) is 3. The third-order valence-corrected chi connectivity index (χ3v) is 3.36. The molecule has 1 aliphatic carbocycles. The van der Waals surface area contributed by atoms with Gasteiger partial charge in [-0.25, -0.2) is 0 Å². The van der Waals surface area contributed by atoms with Crippen molar-refractivity contribution in [2.24, 2.45) is 5.92 Å². The summed E-state index contributed by atoms with van der Waals surface area (Å²) in [6.07, 6.45) is 8.80. The summed E-state index contributed by atoms with van der Waals surface area (Å²) in [4.78, 5) is 0. The highest BCUT2D eigenvalue weighted by Crippen LogP contribution is 2.25. The third kappa shape index (κ3) is 2.94. The molecule has 1 aliphatic rings. The Labute approximate surface area is 95.8 Å². The first kappa shape index (κ1) is 10.9. The number of alkyl halides is 1. The van der Waals surface area contributed by atoms with Gasteiger partial charge < -0.3 is 0 Å². The molecule has 2 rings (SSSR count). The Morgan fingerprint density at radius 1 is 1.47 bits per heavy atom. The lowest BCUT2D eigenvalue weighted by molar-refractivity contribution is 0.305. The maximum atomic E-state index is 5.94. The van der Waals surface area contributed by atoms with Crippen LogP contribution in [0.25, 0.3) is 0 Å². The average molecular weight is 228 g/mol. The fraction of sp³-hybridized carbons (Fsp3) is 0.818. The first-order valence-corrected chi connectivity index (χ1v) is 6.23. The van der Waals surface area contributed by atoms with Crippen molar-refractivity contribution in [2.75, 3.05) is 0 Å². The highest BCUT2D eigenvalue weighted by Gasteiger charge is 2.15. The highest BCUT2D eigenvalue weighted by molar-refractivity contribution is 6.20. The molecule has 0 aromatic carbocycles. The normalized spacial score (nSPS) is 20.4. The molecular weight excluding hydrogens is 210 g/mol. The van der Waals surface area contributed by atoms with Crippen molar-refractivity contribution in [1.82, 2.24) is 15.0 Å². The van der Waals surface area contributed by atoms with E-state index in [9.17, 15) is 0 Å². The molecule has 0 spiro atoms. The van der Waals surface area contributed by atoms with E-state index in [1.807, 2.05) is 17.8 Å². The van der Waals surface area contributed by atoms with Crippen molar-refractivity contribution in [2.45, 2.75) is 50.9 Å². The van der Waals surface area contributed by atoms with Crippen LogP contribution >= 0.6 is 11.6 Å². The molecule has 1 unspecified atom stereocenters. The summed E-state index contributed by atoms with van der Waals surface area (Å²) in [7, 11) is 0. The minimum atomic E-state index is -0.0369. The minimum absolute atomic E-state index is 0.0369. The SMILES string of the molecule is CC(Cl)c1cn(CC2CCCCC2)nn1. The Hall–Kier alpha value is -0.570. The molecule has 15 heavy (non-hydrogen) atoms. The van der Waals surface area contributed by atoms with E-state index < -0.39 is 0 Å². The van der Waals surface area contributed by atoms with Crippen LogP contribution in [0.1, 0.15) is 50.1 Å². The first-order valence-electron chi connectivity index (χ1n) is 5.80. The van der Waals surface area contributed by atoms with E-state index in [2.05, 4.69) is 10.3 Å². The van der Waals surface area contributed by atoms with Crippen molar-refractivity contribution in [3.8, 4) is 0 Å². The second-order valence-electron chi connectivity index (χ2n) is 4.49. The predicted molar refractivity (Wildman–Crippen MR) is 60.9 cm³/mol. The van der Waals surface area contributed by atoms with Crippen LogP contribution in [0, 0.1) is 5.92 Å². The van der Waals surface area contributed by atoms with E-state index in [0.29, 0.717) is 0 Å². The van der Waals surface area contributed by atoms with Crippen LogP contribution in [0.3, 0.4) is 0 Å². The molecule has 0 saturated heterocycles. The second kappa shape index (κ2) is 4.97. The summed E-state index contributed by atoms with van der Waals surface area (Å²) in [6, 6.07) is 0. The number of rotatable bonds is 3. The maximum Gasteiger partial charge on any atom is 0.100 e. The molecule has 3 nitrogen and oxygen atoms in total. The van der Waals surface area contributed by atoms with Gasteiger partial charge in [-0.3, -0.25) is 4.68 Å². The standard InChI is InChI=1S/C11H18ClN3/c1-9(12)11-8-15(14-13-11)7-10-5-3-2-4-6-10/h8-10H,2-7H2,1H3. The second-order valence-corrected chi connectivity index (χ2v) is 5.14. The molecule has 84 valence electrons. The van der Waals surface area contributed by atoms with Gasteiger partial charge in [0, 0.05) is 12.7 Å². The molecule has 0 N–H and O–H groups in total. The first-order chi connectivity index (χ1) is 7.25. The molecule has 1 saturated carbocycles. The highest BCUT2D eigenvalue weighted by atomic mass is 35.5. The van der Waals surface area contributed by atoms with Crippen LogP contribution in [0.2, 0.25) is 0 Å². The largest absolute Gasteiger partial charge is 0.252 e. The van der Waals surface area contributed by atoms with Gasteiger partial charge in [0.05, 0.1) is 5.38 Å². The van der Waals surface area contributed by atoms with Crippen molar-refractivity contribution in [1.29, 1.82) is 0 Å². The molecule has 1 atom stereocenters. The lowest BCUT2D eigenvalue weighted by Gasteiger charge is -2.20. The molecule has 0 amide bonds. The van der Waals surface area contributed by atoms with Crippen molar-refractivity contribution in [3.63, 3.8) is 0 Å². The van der Waals surface area contributed by atoms with Gasteiger partial charge in [0.25, 0.3) is 0 Å². The summed E-state index contributed by atoms with van der Waals surface area (Å²) < 4.78 is 1.95. The molecular formula is C11H18ClN3. The van der Waals surface area contributed by atoms with Gasteiger partial charge in [0.2, 0.25) is 0 Å². The number of halogens is 1. The molecule has 0 bridgehead atoms. The number of hydrogen-bond donors (Lipinski definition) is 0. The predicted octanol–water partition coefficient (Wildman–Crippen LogP) is 3.16. The van der Waals surface area contributed by atoms with Gasteiger partial charge >= 0.3 is 0 Å². The van der Waals surface area contributed by atoms with Crippen LogP contribution < -0.4 is 0 Å². The van der Waals surface area contributed by atoms with Gasteiger partial charge in [0.15, 0.2) is 0 Å². The Balaban J connectivity index is 1.91. The van der Waals surface area contributed by atoms with Crippen LogP contribution in [-0.4, -0.2) is 15.0 Å². The van der Waals surface area contributed by atoms with E-state index in [1.165, 1.54) is 32.1 Å². The van der Waals surface area contributed by atoms with Gasteiger partial charge in [-0.15, -0.1) is 16.7 Å². The third-order valence-electron chi connectivity index (χ3n) is 3.13. The van der Waals surface area contributed by atoms with Crippen LogP contribution in [0.15, 0.2) is 6.20 Å². The van der Waals surface area contributed by atoms with Crippen molar-refractivity contribution in [3.05, 3.63) is 11.9 Å². The Morgan fingerprint density at radius 3 is 2.80 bits per heavy atom. The summed E-state index contributed by atoms with van der Waals surface area (Å²) >= 11 is 5.94. The quantitative estimate of drug-likeness (QED) is 0.743. The average Bonchev–Trinajstić information content (AvgIpc) is 2.68. The Kier molecular flexibility index (Phi) is 3.62.